The molecule has 2 fully saturated rings. The van der Waals surface area contributed by atoms with Gasteiger partial charge in [0.1, 0.15) is 5.82 Å². The van der Waals surface area contributed by atoms with Crippen molar-refractivity contribution in [2.75, 3.05) is 38.2 Å². The average Bonchev–Trinajstić information content (AvgIpc) is 2.60. The van der Waals surface area contributed by atoms with Crippen LogP contribution >= 0.6 is 0 Å². The zero-order valence-electron chi connectivity index (χ0n) is 13.6. The van der Waals surface area contributed by atoms with Crippen molar-refractivity contribution in [1.82, 2.24) is 15.1 Å². The Labute approximate surface area is 139 Å². The average molecular weight is 344 g/mol. The van der Waals surface area contributed by atoms with E-state index in [-0.39, 0.29) is 0 Å². The minimum absolute atomic E-state index is 0.398. The first-order chi connectivity index (χ1) is 11.5. The molecule has 0 aromatic carbocycles. The van der Waals surface area contributed by atoms with Crippen LogP contribution in [0.25, 0.3) is 0 Å². The van der Waals surface area contributed by atoms with Crippen LogP contribution in [0.15, 0.2) is 12.1 Å². The van der Waals surface area contributed by atoms with E-state index in [4.69, 9.17) is 4.74 Å². The number of hydrogen-bond acceptors (Lipinski definition) is 5. The molecule has 134 valence electrons. The van der Waals surface area contributed by atoms with E-state index >= 15 is 0 Å². The Morgan fingerprint density at radius 1 is 1.12 bits per heavy atom. The molecule has 1 aliphatic heterocycles. The summed E-state index contributed by atoms with van der Waals surface area (Å²) in [5.41, 5.74) is -0.961. The van der Waals surface area contributed by atoms with Crippen molar-refractivity contribution in [3.63, 3.8) is 0 Å². The monoisotopic (exact) mass is 344 g/mol. The molecule has 0 unspecified atom stereocenters. The molecule has 3 rings (SSSR count). The van der Waals surface area contributed by atoms with E-state index in [1.165, 1.54) is 25.3 Å². The normalized spacial score (nSPS) is 26.3. The van der Waals surface area contributed by atoms with Gasteiger partial charge in [0.05, 0.1) is 13.2 Å². The first-order valence-corrected chi connectivity index (χ1v) is 8.50. The summed E-state index contributed by atoms with van der Waals surface area (Å²) in [6, 6.07) is 2.83. The van der Waals surface area contributed by atoms with Crippen molar-refractivity contribution in [3.05, 3.63) is 17.8 Å². The Kier molecular flexibility index (Phi) is 5.55. The van der Waals surface area contributed by atoms with Gasteiger partial charge in [-0.15, -0.1) is 10.2 Å². The highest BCUT2D eigenvalue weighted by atomic mass is 19.4. The van der Waals surface area contributed by atoms with E-state index < -0.39 is 11.9 Å². The van der Waals surface area contributed by atoms with Crippen LogP contribution in [0.2, 0.25) is 0 Å². The standard InChI is InChI=1S/C16H23F3N4O/c17-16(18,19)14-5-6-15(22-21-14)20-11-12-3-1-2-4-13(12)23-7-9-24-10-8-23/h5-6,12-13H,1-4,7-11H2,(H,20,22)/t12-,13-/m0/s1. The van der Waals surface area contributed by atoms with Gasteiger partial charge in [-0.1, -0.05) is 12.8 Å². The first kappa shape index (κ1) is 17.4. The number of hydrogen-bond donors (Lipinski definition) is 1. The zero-order valence-corrected chi connectivity index (χ0v) is 13.6. The molecule has 1 saturated heterocycles. The summed E-state index contributed by atoms with van der Waals surface area (Å²) in [5, 5.41) is 10.1. The lowest BCUT2D eigenvalue weighted by Crippen LogP contribution is -2.49. The van der Waals surface area contributed by atoms with Gasteiger partial charge in [0.15, 0.2) is 5.69 Å². The number of ether oxygens (including phenoxy) is 1. The number of anilines is 1. The van der Waals surface area contributed by atoms with Crippen LogP contribution < -0.4 is 5.32 Å². The van der Waals surface area contributed by atoms with Crippen LogP contribution in [-0.2, 0) is 10.9 Å². The Morgan fingerprint density at radius 2 is 1.88 bits per heavy atom. The molecule has 0 radical (unpaired) electrons. The highest BCUT2D eigenvalue weighted by molar-refractivity contribution is 5.33. The number of alkyl halides is 3. The van der Waals surface area contributed by atoms with Crippen molar-refractivity contribution in [1.29, 1.82) is 0 Å². The van der Waals surface area contributed by atoms with Crippen LogP contribution in [0.4, 0.5) is 19.0 Å². The molecule has 0 spiro atoms. The maximum Gasteiger partial charge on any atom is 0.435 e. The molecule has 2 heterocycles. The molecular formula is C16H23F3N4O. The maximum atomic E-state index is 12.5. The van der Waals surface area contributed by atoms with Gasteiger partial charge in [-0.25, -0.2) is 0 Å². The van der Waals surface area contributed by atoms with Gasteiger partial charge in [-0.05, 0) is 30.9 Å². The first-order valence-electron chi connectivity index (χ1n) is 8.50. The molecule has 2 atom stereocenters. The Balaban J connectivity index is 1.57. The summed E-state index contributed by atoms with van der Waals surface area (Å²) < 4.78 is 43.0. The fourth-order valence-electron chi connectivity index (χ4n) is 3.63. The highest BCUT2D eigenvalue weighted by Crippen LogP contribution is 2.30. The summed E-state index contributed by atoms with van der Waals surface area (Å²) >= 11 is 0. The number of morpholine rings is 1. The third-order valence-electron chi connectivity index (χ3n) is 4.88. The highest BCUT2D eigenvalue weighted by Gasteiger charge is 2.33. The topological polar surface area (TPSA) is 50.3 Å². The molecule has 1 saturated carbocycles. The Hall–Kier alpha value is -1.41. The molecule has 5 nitrogen and oxygen atoms in total. The van der Waals surface area contributed by atoms with E-state index in [0.29, 0.717) is 24.3 Å². The largest absolute Gasteiger partial charge is 0.435 e. The number of aromatic nitrogens is 2. The van der Waals surface area contributed by atoms with Gasteiger partial charge in [-0.3, -0.25) is 4.90 Å². The van der Waals surface area contributed by atoms with Crippen molar-refractivity contribution < 1.29 is 17.9 Å². The summed E-state index contributed by atoms with van der Waals surface area (Å²) in [6.45, 7) is 4.19. The second-order valence-electron chi connectivity index (χ2n) is 6.44. The van der Waals surface area contributed by atoms with Gasteiger partial charge in [0.2, 0.25) is 0 Å². The second kappa shape index (κ2) is 7.65. The van der Waals surface area contributed by atoms with Crippen molar-refractivity contribution in [3.8, 4) is 0 Å². The Bertz CT molecular complexity index is 517. The van der Waals surface area contributed by atoms with Gasteiger partial charge < -0.3 is 10.1 Å². The third-order valence-corrected chi connectivity index (χ3v) is 4.88. The summed E-state index contributed by atoms with van der Waals surface area (Å²) in [6.07, 6.45) is 0.287. The van der Waals surface area contributed by atoms with Crippen LogP contribution in [0, 0.1) is 5.92 Å². The fourth-order valence-corrected chi connectivity index (χ4v) is 3.63. The smallest absolute Gasteiger partial charge is 0.379 e. The SMILES string of the molecule is FC(F)(F)c1ccc(NC[C@@H]2CCCC[C@@H]2N2CCOCC2)nn1. The zero-order chi connectivity index (χ0) is 17.0. The second-order valence-corrected chi connectivity index (χ2v) is 6.44. The third kappa shape index (κ3) is 4.36. The van der Waals surface area contributed by atoms with Crippen LogP contribution in [-0.4, -0.2) is 54.0 Å². The molecule has 1 N–H and O–H groups in total. The molecule has 1 aliphatic carbocycles. The molecule has 1 aromatic rings. The predicted octanol–water partition coefficient (Wildman–Crippen LogP) is 2.80. The van der Waals surface area contributed by atoms with Crippen LogP contribution in [0.5, 0.6) is 0 Å². The van der Waals surface area contributed by atoms with E-state index in [1.807, 2.05) is 0 Å². The van der Waals surface area contributed by atoms with E-state index in [0.717, 1.165) is 38.8 Å². The summed E-state index contributed by atoms with van der Waals surface area (Å²) in [7, 11) is 0. The molecule has 1 aromatic heterocycles. The lowest BCUT2D eigenvalue weighted by atomic mass is 9.83. The maximum absolute atomic E-state index is 12.5. The summed E-state index contributed by atoms with van der Waals surface area (Å²) in [4.78, 5) is 2.49. The van der Waals surface area contributed by atoms with Gasteiger partial charge in [0, 0.05) is 25.7 Å². The molecule has 24 heavy (non-hydrogen) atoms. The number of nitrogens with zero attached hydrogens (tertiary/aromatic N) is 3. The van der Waals surface area contributed by atoms with E-state index in [9.17, 15) is 13.2 Å². The molecule has 2 aliphatic rings. The van der Waals surface area contributed by atoms with Gasteiger partial charge in [0.25, 0.3) is 0 Å². The number of halogens is 3. The van der Waals surface area contributed by atoms with Crippen LogP contribution in [0.3, 0.4) is 0 Å². The molecular weight excluding hydrogens is 321 g/mol. The van der Waals surface area contributed by atoms with Crippen LogP contribution in [0.1, 0.15) is 31.4 Å². The minimum atomic E-state index is -4.45. The number of nitrogens with one attached hydrogen (secondary N) is 1. The minimum Gasteiger partial charge on any atom is -0.379 e. The lowest BCUT2D eigenvalue weighted by Gasteiger charge is -2.41. The van der Waals surface area contributed by atoms with E-state index in [2.05, 4.69) is 20.4 Å². The van der Waals surface area contributed by atoms with Gasteiger partial charge >= 0.3 is 6.18 Å². The van der Waals surface area contributed by atoms with Crippen molar-refractivity contribution in [2.45, 2.75) is 37.9 Å². The molecule has 8 heteroatoms. The number of rotatable bonds is 4. The van der Waals surface area contributed by atoms with Gasteiger partial charge in [-0.2, -0.15) is 13.2 Å². The summed E-state index contributed by atoms with van der Waals surface area (Å²) in [5.74, 6) is 0.871. The predicted molar refractivity (Wildman–Crippen MR) is 83.7 cm³/mol. The van der Waals surface area contributed by atoms with Crippen molar-refractivity contribution in [2.24, 2.45) is 5.92 Å². The molecule has 0 amide bonds. The fraction of sp³-hybridized carbons (Fsp3) is 0.750. The quantitative estimate of drug-likeness (QED) is 0.910. The molecule has 0 bridgehead atoms. The van der Waals surface area contributed by atoms with Crippen molar-refractivity contribution >= 4 is 5.82 Å². The Morgan fingerprint density at radius 3 is 2.54 bits per heavy atom. The lowest BCUT2D eigenvalue weighted by molar-refractivity contribution is -0.141. The van der Waals surface area contributed by atoms with E-state index in [1.54, 1.807) is 0 Å².